The number of nitrogens with one attached hydrogen (secondary N) is 2. The first-order valence-electron chi connectivity index (χ1n) is 8.23. The van der Waals surface area contributed by atoms with Crippen molar-refractivity contribution in [1.29, 1.82) is 0 Å². The molecule has 1 amide bonds. The van der Waals surface area contributed by atoms with Gasteiger partial charge in [0.05, 0.1) is 12.4 Å². The monoisotopic (exact) mass is 332 g/mol. The highest BCUT2D eigenvalue weighted by molar-refractivity contribution is 5.91. The van der Waals surface area contributed by atoms with Crippen LogP contribution in [0, 0.1) is 0 Å². The molecule has 2 N–H and O–H groups in total. The van der Waals surface area contributed by atoms with E-state index in [1.54, 1.807) is 6.20 Å². The molecule has 0 bridgehead atoms. The minimum atomic E-state index is -0.210. The zero-order valence-corrected chi connectivity index (χ0v) is 13.9. The Labute approximate surface area is 147 Å². The molecule has 0 aliphatic heterocycles. The van der Waals surface area contributed by atoms with E-state index in [1.165, 1.54) is 11.8 Å². The molecule has 25 heavy (non-hydrogen) atoms. The van der Waals surface area contributed by atoms with Crippen LogP contribution >= 0.6 is 0 Å². The SMILES string of the molecule is O=C(NCCc1ccccc1)c1cnc(NCc2ccccc2)cn1. The molecule has 2 aromatic carbocycles. The number of benzene rings is 2. The van der Waals surface area contributed by atoms with Crippen LogP contribution in [0.4, 0.5) is 5.82 Å². The highest BCUT2D eigenvalue weighted by Gasteiger charge is 2.07. The van der Waals surface area contributed by atoms with E-state index < -0.39 is 0 Å². The largest absolute Gasteiger partial charge is 0.365 e. The number of carbonyl (C=O) groups excluding carboxylic acids is 1. The molecule has 126 valence electrons. The summed E-state index contributed by atoms with van der Waals surface area (Å²) in [5, 5.41) is 6.05. The quantitative estimate of drug-likeness (QED) is 0.698. The maximum atomic E-state index is 12.1. The first-order chi connectivity index (χ1) is 12.3. The van der Waals surface area contributed by atoms with Crippen LogP contribution in [0.15, 0.2) is 73.1 Å². The molecular formula is C20H20N4O. The molecule has 0 radical (unpaired) electrons. The van der Waals surface area contributed by atoms with Gasteiger partial charge in [-0.15, -0.1) is 0 Å². The molecule has 1 aromatic heterocycles. The van der Waals surface area contributed by atoms with Crippen LogP contribution in [-0.4, -0.2) is 22.4 Å². The molecule has 5 nitrogen and oxygen atoms in total. The second-order valence-electron chi connectivity index (χ2n) is 5.62. The molecular weight excluding hydrogens is 312 g/mol. The van der Waals surface area contributed by atoms with Crippen LogP contribution in [0.1, 0.15) is 21.6 Å². The van der Waals surface area contributed by atoms with Crippen molar-refractivity contribution in [3.8, 4) is 0 Å². The van der Waals surface area contributed by atoms with Gasteiger partial charge in [0.1, 0.15) is 11.5 Å². The normalized spacial score (nSPS) is 10.2. The molecule has 3 rings (SSSR count). The third kappa shape index (κ3) is 5.14. The van der Waals surface area contributed by atoms with E-state index >= 15 is 0 Å². The van der Waals surface area contributed by atoms with Crippen LogP contribution in [0.25, 0.3) is 0 Å². The van der Waals surface area contributed by atoms with Crippen LogP contribution in [-0.2, 0) is 13.0 Å². The van der Waals surface area contributed by atoms with Crippen molar-refractivity contribution in [3.05, 3.63) is 89.9 Å². The molecule has 0 saturated heterocycles. The number of carbonyl (C=O) groups is 1. The second kappa shape index (κ2) is 8.59. The summed E-state index contributed by atoms with van der Waals surface area (Å²) in [6, 6.07) is 20.1. The summed E-state index contributed by atoms with van der Waals surface area (Å²) in [6.07, 6.45) is 3.86. The lowest BCUT2D eigenvalue weighted by Crippen LogP contribution is -2.26. The maximum Gasteiger partial charge on any atom is 0.271 e. The number of aromatic nitrogens is 2. The van der Waals surface area contributed by atoms with Gasteiger partial charge in [0.25, 0.3) is 5.91 Å². The summed E-state index contributed by atoms with van der Waals surface area (Å²) in [4.78, 5) is 20.5. The number of rotatable bonds is 7. The van der Waals surface area contributed by atoms with E-state index in [9.17, 15) is 4.79 Å². The minimum absolute atomic E-state index is 0.210. The number of hydrogen-bond acceptors (Lipinski definition) is 4. The van der Waals surface area contributed by atoms with E-state index in [0.717, 1.165) is 12.0 Å². The molecule has 0 unspecified atom stereocenters. The Bertz CT molecular complexity index is 789. The lowest BCUT2D eigenvalue weighted by Gasteiger charge is -2.07. The molecule has 0 atom stereocenters. The molecule has 5 heteroatoms. The van der Waals surface area contributed by atoms with Crippen LogP contribution in [0.3, 0.4) is 0 Å². The van der Waals surface area contributed by atoms with Gasteiger partial charge < -0.3 is 10.6 Å². The zero-order chi connectivity index (χ0) is 17.3. The summed E-state index contributed by atoms with van der Waals surface area (Å²) < 4.78 is 0. The third-order valence-electron chi connectivity index (χ3n) is 3.74. The Morgan fingerprint density at radius 3 is 2.16 bits per heavy atom. The van der Waals surface area contributed by atoms with Gasteiger partial charge in [0.15, 0.2) is 0 Å². The average Bonchev–Trinajstić information content (AvgIpc) is 2.68. The van der Waals surface area contributed by atoms with Crippen molar-refractivity contribution in [3.63, 3.8) is 0 Å². The third-order valence-corrected chi connectivity index (χ3v) is 3.74. The highest BCUT2D eigenvalue weighted by atomic mass is 16.1. The van der Waals surface area contributed by atoms with Gasteiger partial charge in [0, 0.05) is 13.1 Å². The van der Waals surface area contributed by atoms with E-state index in [4.69, 9.17) is 0 Å². The first-order valence-corrected chi connectivity index (χ1v) is 8.23. The Hall–Kier alpha value is -3.21. The Kier molecular flexibility index (Phi) is 5.72. The van der Waals surface area contributed by atoms with Gasteiger partial charge in [-0.3, -0.25) is 4.79 Å². The standard InChI is InChI=1S/C20H20N4O/c25-20(21-12-11-16-7-3-1-4-8-16)18-14-24-19(15-22-18)23-13-17-9-5-2-6-10-17/h1-10,14-15H,11-13H2,(H,21,25)(H,23,24). The van der Waals surface area contributed by atoms with E-state index in [2.05, 4.69) is 20.6 Å². The predicted octanol–water partition coefficient (Wildman–Crippen LogP) is 3.06. The molecule has 0 saturated carbocycles. The van der Waals surface area contributed by atoms with Crippen LogP contribution < -0.4 is 10.6 Å². The van der Waals surface area contributed by atoms with Gasteiger partial charge in [-0.05, 0) is 17.5 Å². The molecule has 1 heterocycles. The number of anilines is 1. The lowest BCUT2D eigenvalue weighted by molar-refractivity contribution is 0.0949. The smallest absolute Gasteiger partial charge is 0.271 e. The van der Waals surface area contributed by atoms with Gasteiger partial charge in [0.2, 0.25) is 0 Å². The van der Waals surface area contributed by atoms with Gasteiger partial charge >= 0.3 is 0 Å². The van der Waals surface area contributed by atoms with Crippen molar-refractivity contribution < 1.29 is 4.79 Å². The number of amides is 1. The Balaban J connectivity index is 1.47. The Morgan fingerprint density at radius 1 is 0.840 bits per heavy atom. The average molecular weight is 332 g/mol. The first kappa shape index (κ1) is 16.6. The van der Waals surface area contributed by atoms with Crippen LogP contribution in [0.2, 0.25) is 0 Å². The molecule has 0 aliphatic rings. The lowest BCUT2D eigenvalue weighted by atomic mass is 10.1. The second-order valence-corrected chi connectivity index (χ2v) is 5.62. The predicted molar refractivity (Wildman–Crippen MR) is 98.3 cm³/mol. The summed E-state index contributed by atoms with van der Waals surface area (Å²) in [7, 11) is 0. The van der Waals surface area contributed by atoms with Gasteiger partial charge in [-0.1, -0.05) is 60.7 Å². The van der Waals surface area contributed by atoms with Gasteiger partial charge in [-0.25, -0.2) is 9.97 Å². The van der Waals surface area contributed by atoms with Crippen molar-refractivity contribution >= 4 is 11.7 Å². The molecule has 3 aromatic rings. The van der Waals surface area contributed by atoms with Crippen molar-refractivity contribution in [1.82, 2.24) is 15.3 Å². The summed E-state index contributed by atoms with van der Waals surface area (Å²) in [5.74, 6) is 0.433. The number of nitrogens with zero attached hydrogens (tertiary/aromatic N) is 2. The summed E-state index contributed by atoms with van der Waals surface area (Å²) in [6.45, 7) is 1.23. The van der Waals surface area contributed by atoms with Crippen molar-refractivity contribution in [2.75, 3.05) is 11.9 Å². The van der Waals surface area contributed by atoms with Crippen LogP contribution in [0.5, 0.6) is 0 Å². The fourth-order valence-corrected chi connectivity index (χ4v) is 2.38. The minimum Gasteiger partial charge on any atom is -0.365 e. The van der Waals surface area contributed by atoms with E-state index in [0.29, 0.717) is 24.6 Å². The molecule has 0 aliphatic carbocycles. The summed E-state index contributed by atoms with van der Waals surface area (Å²) >= 11 is 0. The van der Waals surface area contributed by atoms with Crippen molar-refractivity contribution in [2.45, 2.75) is 13.0 Å². The van der Waals surface area contributed by atoms with E-state index in [-0.39, 0.29) is 5.91 Å². The maximum absolute atomic E-state index is 12.1. The topological polar surface area (TPSA) is 66.9 Å². The zero-order valence-electron chi connectivity index (χ0n) is 13.9. The van der Waals surface area contributed by atoms with Crippen molar-refractivity contribution in [2.24, 2.45) is 0 Å². The fraction of sp³-hybridized carbons (Fsp3) is 0.150. The molecule has 0 spiro atoms. The Morgan fingerprint density at radius 2 is 1.52 bits per heavy atom. The van der Waals surface area contributed by atoms with E-state index in [1.807, 2.05) is 60.7 Å². The molecule has 0 fully saturated rings. The van der Waals surface area contributed by atoms with Gasteiger partial charge in [-0.2, -0.15) is 0 Å². The number of hydrogen-bond donors (Lipinski definition) is 2. The summed E-state index contributed by atoms with van der Waals surface area (Å²) in [5.41, 5.74) is 2.67. The highest BCUT2D eigenvalue weighted by Crippen LogP contribution is 2.05. The fourth-order valence-electron chi connectivity index (χ4n) is 2.38.